The molecule has 14 heteroatoms. The highest BCUT2D eigenvalue weighted by Crippen LogP contribution is 2.36. The number of rotatable bonds is 44. The summed E-state index contributed by atoms with van der Waals surface area (Å²) in [7, 11) is -2.55. The number of esters is 1. The lowest BCUT2D eigenvalue weighted by Crippen LogP contribution is -2.66. The third-order valence-corrected chi connectivity index (χ3v) is 14.8. The van der Waals surface area contributed by atoms with Gasteiger partial charge in [0.15, 0.2) is 0 Å². The van der Waals surface area contributed by atoms with Crippen molar-refractivity contribution in [3.8, 4) is 0 Å². The maximum Gasteiger partial charge on any atom is 0.305 e. The number of unbranched alkanes of at least 4 members (excludes halogenated alkanes) is 6. The Morgan fingerprint density at radius 1 is 0.403 bits per heavy atom. The molecule has 0 amide bonds. The molecule has 0 aliphatic heterocycles. The van der Waals surface area contributed by atoms with Crippen LogP contribution in [0.25, 0.3) is 0 Å². The molecule has 0 fully saturated rings. The minimum atomic E-state index is -2.55. The summed E-state index contributed by atoms with van der Waals surface area (Å²) >= 11 is 0. The van der Waals surface area contributed by atoms with Gasteiger partial charge in [-0.25, -0.2) is 0 Å². The van der Waals surface area contributed by atoms with Crippen molar-refractivity contribution in [1.29, 1.82) is 0 Å². The summed E-state index contributed by atoms with van der Waals surface area (Å²) in [6.07, 6.45) is 8.78. The van der Waals surface area contributed by atoms with Gasteiger partial charge in [-0.15, -0.1) is 0 Å². The van der Waals surface area contributed by atoms with Gasteiger partial charge >= 0.3 is 5.97 Å². The fourth-order valence-electron chi connectivity index (χ4n) is 6.61. The third-order valence-electron chi connectivity index (χ3n) is 9.79. The Morgan fingerprint density at radius 3 is 1.02 bits per heavy atom. The van der Waals surface area contributed by atoms with E-state index in [1.807, 2.05) is 0 Å². The number of carbonyl (C=O) groups excluding carboxylic acids is 1. The molecule has 62 heavy (non-hydrogen) atoms. The largest absolute Gasteiger partial charge is 0.463 e. The van der Waals surface area contributed by atoms with Crippen molar-refractivity contribution >= 4 is 24.7 Å². The van der Waals surface area contributed by atoms with Gasteiger partial charge in [-0.1, -0.05) is 127 Å². The molecular formula is C48H82O13Si. The maximum atomic E-state index is 11.8. The summed E-state index contributed by atoms with van der Waals surface area (Å²) in [5.74, 6) is -0.142. The summed E-state index contributed by atoms with van der Waals surface area (Å²) in [6, 6.07) is 21.3. The van der Waals surface area contributed by atoms with Crippen molar-refractivity contribution in [2.24, 2.45) is 0 Å². The maximum absolute atomic E-state index is 11.8. The molecule has 0 aromatic heterocycles. The summed E-state index contributed by atoms with van der Waals surface area (Å²) in [5.41, 5.74) is 0. The van der Waals surface area contributed by atoms with Crippen LogP contribution in [0.4, 0.5) is 0 Å². The van der Waals surface area contributed by atoms with Crippen LogP contribution in [0.3, 0.4) is 0 Å². The van der Waals surface area contributed by atoms with E-state index in [1.165, 1.54) is 42.5 Å². The molecule has 2 aromatic rings. The minimum Gasteiger partial charge on any atom is -0.463 e. The van der Waals surface area contributed by atoms with Gasteiger partial charge in [0.05, 0.1) is 139 Å². The van der Waals surface area contributed by atoms with Crippen molar-refractivity contribution in [3.05, 3.63) is 60.7 Å². The quantitative estimate of drug-likeness (QED) is 0.0414. The van der Waals surface area contributed by atoms with Crippen LogP contribution in [-0.4, -0.2) is 160 Å². The Balaban J connectivity index is 1.25. The normalized spacial score (nSPS) is 12.0. The highest BCUT2D eigenvalue weighted by atomic mass is 28.4. The lowest BCUT2D eigenvalue weighted by molar-refractivity contribution is -0.145. The highest BCUT2D eigenvalue weighted by molar-refractivity contribution is 6.99. The number of hydrogen-bond donors (Lipinski definition) is 0. The fourth-order valence-corrected chi connectivity index (χ4v) is 11.2. The van der Waals surface area contributed by atoms with Gasteiger partial charge in [-0.05, 0) is 21.8 Å². The lowest BCUT2D eigenvalue weighted by Gasteiger charge is -2.43. The number of hydrogen-bond acceptors (Lipinski definition) is 13. The van der Waals surface area contributed by atoms with Gasteiger partial charge in [-0.3, -0.25) is 4.79 Å². The van der Waals surface area contributed by atoms with Crippen LogP contribution in [0.1, 0.15) is 79.1 Å². The van der Waals surface area contributed by atoms with E-state index in [9.17, 15) is 4.79 Å². The second-order valence-corrected chi connectivity index (χ2v) is 20.0. The molecule has 0 saturated carbocycles. The van der Waals surface area contributed by atoms with E-state index in [1.54, 1.807) is 0 Å². The second-order valence-electron chi connectivity index (χ2n) is 15.7. The van der Waals surface area contributed by atoms with Gasteiger partial charge in [0.1, 0.15) is 6.61 Å². The Hall–Kier alpha value is -2.31. The molecule has 0 spiro atoms. The summed E-state index contributed by atoms with van der Waals surface area (Å²) in [6.45, 7) is 19.6. The SMILES string of the molecule is CCCCCCCCCC(=O)OCCOCCOCCOCCOCCOCCOCCOCCOCCOCCOCCO[Si](c1ccccc1)(c1ccccc1)C(C)(C)C. The van der Waals surface area contributed by atoms with Gasteiger partial charge in [0.2, 0.25) is 0 Å². The molecule has 0 saturated heterocycles. The van der Waals surface area contributed by atoms with E-state index in [-0.39, 0.29) is 17.6 Å². The zero-order chi connectivity index (χ0) is 44.5. The molecule has 356 valence electrons. The molecule has 0 aliphatic carbocycles. The van der Waals surface area contributed by atoms with Crippen molar-refractivity contribution in [2.45, 2.75) is 84.1 Å². The predicted molar refractivity (Wildman–Crippen MR) is 245 cm³/mol. The summed E-state index contributed by atoms with van der Waals surface area (Å²) < 4.78 is 67.8. The van der Waals surface area contributed by atoms with Crippen LogP contribution >= 0.6 is 0 Å². The predicted octanol–water partition coefficient (Wildman–Crippen LogP) is 6.41. The highest BCUT2D eigenvalue weighted by Gasteiger charge is 2.50. The molecule has 0 heterocycles. The Morgan fingerprint density at radius 2 is 0.694 bits per heavy atom. The van der Waals surface area contributed by atoms with Crippen molar-refractivity contribution in [1.82, 2.24) is 0 Å². The topological polar surface area (TPSA) is 128 Å². The van der Waals surface area contributed by atoms with Gasteiger partial charge in [0, 0.05) is 6.42 Å². The van der Waals surface area contributed by atoms with E-state index in [2.05, 4.69) is 88.4 Å². The van der Waals surface area contributed by atoms with E-state index in [0.29, 0.717) is 145 Å². The van der Waals surface area contributed by atoms with Crippen molar-refractivity contribution < 1.29 is 61.3 Å². The average molecular weight is 895 g/mol. The van der Waals surface area contributed by atoms with E-state index < -0.39 is 8.32 Å². The first-order chi connectivity index (χ1) is 30.4. The molecule has 0 bridgehead atoms. The van der Waals surface area contributed by atoms with Crippen molar-refractivity contribution in [3.63, 3.8) is 0 Å². The Labute approximate surface area is 375 Å². The van der Waals surface area contributed by atoms with Crippen molar-refractivity contribution in [2.75, 3.05) is 145 Å². The van der Waals surface area contributed by atoms with Crippen LogP contribution in [0.5, 0.6) is 0 Å². The number of benzene rings is 2. The molecule has 2 rings (SSSR count). The van der Waals surface area contributed by atoms with E-state index in [4.69, 9.17) is 56.5 Å². The molecule has 13 nitrogen and oxygen atoms in total. The van der Waals surface area contributed by atoms with Gasteiger partial charge in [0.25, 0.3) is 8.32 Å². The molecule has 2 aromatic carbocycles. The lowest BCUT2D eigenvalue weighted by atomic mass is 10.1. The molecule has 0 aliphatic rings. The minimum absolute atomic E-state index is 0.0608. The molecular weight excluding hydrogens is 813 g/mol. The van der Waals surface area contributed by atoms with Crippen LogP contribution < -0.4 is 10.4 Å². The zero-order valence-electron chi connectivity index (χ0n) is 38.8. The first kappa shape index (κ1) is 55.8. The zero-order valence-corrected chi connectivity index (χ0v) is 39.8. The molecule has 0 atom stereocenters. The average Bonchev–Trinajstić information content (AvgIpc) is 3.27. The van der Waals surface area contributed by atoms with Gasteiger partial charge < -0.3 is 56.5 Å². The van der Waals surface area contributed by atoms with E-state index in [0.717, 1.165) is 12.8 Å². The van der Waals surface area contributed by atoms with Crippen LogP contribution in [-0.2, 0) is 61.3 Å². The van der Waals surface area contributed by atoms with Crippen LogP contribution in [0.2, 0.25) is 5.04 Å². The molecule has 0 N–H and O–H groups in total. The summed E-state index contributed by atoms with van der Waals surface area (Å²) in [4.78, 5) is 11.8. The van der Waals surface area contributed by atoms with Gasteiger partial charge in [-0.2, -0.15) is 0 Å². The second kappa shape index (κ2) is 39.1. The first-order valence-electron chi connectivity index (χ1n) is 23.1. The smallest absolute Gasteiger partial charge is 0.305 e. The van der Waals surface area contributed by atoms with Crippen LogP contribution in [0.15, 0.2) is 60.7 Å². The molecule has 0 radical (unpaired) electrons. The standard InChI is InChI=1S/C48H82O13Si/c1-5-6-7-8-9-10-17-22-47(49)60-43-41-58-39-37-56-35-33-54-31-29-52-27-25-50-23-24-51-26-28-53-30-32-55-34-36-57-38-40-59-42-44-61-62(48(2,3)4,45-18-13-11-14-19-45)46-20-15-12-16-21-46/h11-16,18-21H,5-10,17,22-44H2,1-4H3. The summed E-state index contributed by atoms with van der Waals surface area (Å²) in [5, 5.41) is 2.47. The Kier molecular flexibility index (Phi) is 35.2. The number of ether oxygens (including phenoxy) is 11. The third kappa shape index (κ3) is 27.8. The van der Waals surface area contributed by atoms with Crippen LogP contribution in [0, 0.1) is 0 Å². The first-order valence-corrected chi connectivity index (χ1v) is 25.0. The Bertz CT molecular complexity index is 1230. The number of carbonyl (C=O) groups is 1. The van der Waals surface area contributed by atoms with E-state index >= 15 is 0 Å². The molecule has 0 unspecified atom stereocenters. The monoisotopic (exact) mass is 895 g/mol. The fraction of sp³-hybridized carbons (Fsp3) is 0.729.